The molecule has 2 aromatic rings. The van der Waals surface area contributed by atoms with Crippen molar-refractivity contribution in [3.05, 3.63) is 59.1 Å². The third kappa shape index (κ3) is 4.93. The molecule has 0 spiro atoms. The van der Waals surface area contributed by atoms with Crippen LogP contribution in [0.25, 0.3) is 0 Å². The van der Waals surface area contributed by atoms with Crippen LogP contribution in [0.4, 0.5) is 5.69 Å². The highest BCUT2D eigenvalue weighted by atomic mass is 35.5. The quantitative estimate of drug-likeness (QED) is 0.703. The molecule has 0 aliphatic carbocycles. The molecule has 0 saturated carbocycles. The predicted octanol–water partition coefficient (Wildman–Crippen LogP) is 2.55. The fourth-order valence-corrected chi connectivity index (χ4v) is 3.42. The molecule has 8 heteroatoms. The number of amides is 3. The van der Waals surface area contributed by atoms with Crippen molar-refractivity contribution in [1.29, 1.82) is 0 Å². The number of methoxy groups -OCH3 is 1. The van der Waals surface area contributed by atoms with Gasteiger partial charge in [0.2, 0.25) is 17.7 Å². The molecule has 7 nitrogen and oxygen atoms in total. The second kappa shape index (κ2) is 9.07. The van der Waals surface area contributed by atoms with Crippen LogP contribution >= 0.6 is 11.6 Å². The molecule has 1 heterocycles. The highest BCUT2D eigenvalue weighted by Crippen LogP contribution is 2.28. The maximum atomic E-state index is 12.7. The average molecular weight is 416 g/mol. The smallest absolute Gasteiger partial charge is 0.247 e. The number of hydrogen-bond acceptors (Lipinski definition) is 5. The first-order valence-corrected chi connectivity index (χ1v) is 9.48. The molecule has 3 amide bonds. The lowest BCUT2D eigenvalue weighted by atomic mass is 10.2. The number of likely N-dealkylation sites (tertiary alicyclic amines) is 1. The number of nitrogens with zero attached hydrogens (tertiary/aromatic N) is 2. The van der Waals surface area contributed by atoms with Crippen molar-refractivity contribution in [2.75, 3.05) is 26.0 Å². The zero-order valence-corrected chi connectivity index (χ0v) is 17.0. The fourth-order valence-electron chi connectivity index (χ4n) is 3.25. The van der Waals surface area contributed by atoms with Gasteiger partial charge in [-0.15, -0.1) is 0 Å². The minimum atomic E-state index is -0.668. The molecule has 29 heavy (non-hydrogen) atoms. The molecule has 1 saturated heterocycles. The summed E-state index contributed by atoms with van der Waals surface area (Å²) < 4.78 is 5.22. The third-order valence-electron chi connectivity index (χ3n) is 4.76. The number of ether oxygens (including phenoxy) is 1. The molecule has 1 fully saturated rings. The van der Waals surface area contributed by atoms with Gasteiger partial charge >= 0.3 is 0 Å². The predicted molar refractivity (Wildman–Crippen MR) is 110 cm³/mol. The number of carbonyl (C=O) groups excluding carboxylic acids is 3. The van der Waals surface area contributed by atoms with Crippen LogP contribution in [0.5, 0.6) is 5.75 Å². The number of likely N-dealkylation sites (N-methyl/N-ethyl adjacent to an activating group) is 1. The molecule has 2 aromatic carbocycles. The van der Waals surface area contributed by atoms with E-state index in [2.05, 4.69) is 5.32 Å². The largest absolute Gasteiger partial charge is 0.495 e. The second-order valence-electron chi connectivity index (χ2n) is 6.83. The zero-order chi connectivity index (χ0) is 21.0. The molecule has 152 valence electrons. The Bertz CT molecular complexity index is 919. The van der Waals surface area contributed by atoms with E-state index in [1.807, 2.05) is 30.3 Å². The van der Waals surface area contributed by atoms with Crippen molar-refractivity contribution in [2.24, 2.45) is 0 Å². The van der Waals surface area contributed by atoms with Gasteiger partial charge in [-0.25, -0.2) is 0 Å². The average Bonchev–Trinajstić information content (AvgIpc) is 2.97. The number of hydrogen-bond donors (Lipinski definition) is 1. The highest BCUT2D eigenvalue weighted by molar-refractivity contribution is 6.31. The molecule has 0 unspecified atom stereocenters. The van der Waals surface area contributed by atoms with Gasteiger partial charge in [0.05, 0.1) is 38.3 Å². The molecule has 0 aromatic heterocycles. The Balaban J connectivity index is 1.62. The van der Waals surface area contributed by atoms with Gasteiger partial charge in [0, 0.05) is 5.02 Å². The highest BCUT2D eigenvalue weighted by Gasteiger charge is 2.41. The summed E-state index contributed by atoms with van der Waals surface area (Å²) >= 11 is 5.98. The number of nitrogens with one attached hydrogen (secondary N) is 1. The molecule has 0 radical (unpaired) electrons. The van der Waals surface area contributed by atoms with Crippen LogP contribution in [0, 0.1) is 0 Å². The molecular formula is C21H22ClN3O4. The SMILES string of the molecule is COc1ccc(Cl)cc1NC(=O)CN(C)[C@@H]1CC(=O)N(Cc2ccccc2)C1=O. The Kier molecular flexibility index (Phi) is 6.51. The molecule has 1 aliphatic heterocycles. The van der Waals surface area contributed by atoms with Crippen molar-refractivity contribution in [1.82, 2.24) is 9.80 Å². The van der Waals surface area contributed by atoms with Gasteiger partial charge in [0.25, 0.3) is 0 Å². The third-order valence-corrected chi connectivity index (χ3v) is 5.00. The normalized spacial score (nSPS) is 16.4. The Morgan fingerprint density at radius 3 is 2.66 bits per heavy atom. The van der Waals surface area contributed by atoms with E-state index >= 15 is 0 Å². The van der Waals surface area contributed by atoms with Crippen molar-refractivity contribution in [3.63, 3.8) is 0 Å². The summed E-state index contributed by atoms with van der Waals surface area (Å²) in [6.07, 6.45) is 0.0515. The minimum Gasteiger partial charge on any atom is -0.495 e. The summed E-state index contributed by atoms with van der Waals surface area (Å²) in [5.41, 5.74) is 1.32. The number of imide groups is 1. The van der Waals surface area contributed by atoms with E-state index in [0.717, 1.165) is 5.56 Å². The standard InChI is InChI=1S/C21H22ClN3O4/c1-24(13-19(26)23-16-10-15(22)8-9-18(16)29-2)17-11-20(27)25(21(17)28)12-14-6-4-3-5-7-14/h3-10,17H,11-13H2,1-2H3,(H,23,26)/t17-/m1/s1. The lowest BCUT2D eigenvalue weighted by Crippen LogP contribution is -2.43. The van der Waals surface area contributed by atoms with Gasteiger partial charge in [-0.3, -0.25) is 24.2 Å². The van der Waals surface area contributed by atoms with Crippen molar-refractivity contribution >= 4 is 35.0 Å². The van der Waals surface area contributed by atoms with E-state index in [1.165, 1.54) is 12.0 Å². The van der Waals surface area contributed by atoms with Gasteiger partial charge in [-0.2, -0.15) is 0 Å². The summed E-state index contributed by atoms with van der Waals surface area (Å²) in [6, 6.07) is 13.6. The topological polar surface area (TPSA) is 79.0 Å². The molecule has 3 rings (SSSR count). The summed E-state index contributed by atoms with van der Waals surface area (Å²) in [6.45, 7) is 0.174. The Morgan fingerprint density at radius 1 is 1.24 bits per heavy atom. The summed E-state index contributed by atoms with van der Waals surface area (Å²) in [4.78, 5) is 40.4. The van der Waals surface area contributed by atoms with E-state index in [1.54, 1.807) is 30.1 Å². The van der Waals surface area contributed by atoms with Gasteiger partial charge in [0.15, 0.2) is 0 Å². The van der Waals surface area contributed by atoms with Crippen LogP contribution < -0.4 is 10.1 Å². The molecule has 1 aliphatic rings. The Labute approximate surface area is 174 Å². The van der Waals surface area contributed by atoms with Crippen LogP contribution in [-0.2, 0) is 20.9 Å². The molecule has 1 atom stereocenters. The number of anilines is 1. The molecule has 1 N–H and O–H groups in total. The van der Waals surface area contributed by atoms with Gasteiger partial charge in [-0.1, -0.05) is 41.9 Å². The summed E-state index contributed by atoms with van der Waals surface area (Å²) in [5.74, 6) is -0.400. The van der Waals surface area contributed by atoms with Gasteiger partial charge in [0.1, 0.15) is 5.75 Å². The second-order valence-corrected chi connectivity index (χ2v) is 7.27. The maximum absolute atomic E-state index is 12.7. The van der Waals surface area contributed by atoms with E-state index in [-0.39, 0.29) is 37.2 Å². The molecule has 0 bridgehead atoms. The monoisotopic (exact) mass is 415 g/mol. The van der Waals surface area contributed by atoms with Gasteiger partial charge in [-0.05, 0) is 30.8 Å². The lowest BCUT2D eigenvalue weighted by molar-refractivity contribution is -0.140. The Hall–Kier alpha value is -2.90. The summed E-state index contributed by atoms with van der Waals surface area (Å²) in [5, 5.41) is 3.19. The fraction of sp³-hybridized carbons (Fsp3) is 0.286. The van der Waals surface area contributed by atoms with Crippen LogP contribution in [-0.4, -0.2) is 54.3 Å². The zero-order valence-electron chi connectivity index (χ0n) is 16.2. The van der Waals surface area contributed by atoms with Crippen molar-refractivity contribution in [3.8, 4) is 5.75 Å². The first-order valence-electron chi connectivity index (χ1n) is 9.11. The van der Waals surface area contributed by atoms with Crippen LogP contribution in [0.1, 0.15) is 12.0 Å². The van der Waals surface area contributed by atoms with E-state index in [4.69, 9.17) is 16.3 Å². The molecular weight excluding hydrogens is 394 g/mol. The van der Waals surface area contributed by atoms with E-state index in [0.29, 0.717) is 16.5 Å². The van der Waals surface area contributed by atoms with Gasteiger partial charge < -0.3 is 10.1 Å². The number of rotatable bonds is 7. The number of halogens is 1. The Morgan fingerprint density at radius 2 is 1.97 bits per heavy atom. The lowest BCUT2D eigenvalue weighted by Gasteiger charge is -2.22. The minimum absolute atomic E-state index is 0.0515. The first kappa shape index (κ1) is 20.8. The van der Waals surface area contributed by atoms with Crippen molar-refractivity contribution < 1.29 is 19.1 Å². The van der Waals surface area contributed by atoms with Crippen LogP contribution in [0.15, 0.2) is 48.5 Å². The maximum Gasteiger partial charge on any atom is 0.247 e. The van der Waals surface area contributed by atoms with Crippen LogP contribution in [0.3, 0.4) is 0 Å². The van der Waals surface area contributed by atoms with Crippen molar-refractivity contribution in [2.45, 2.75) is 19.0 Å². The van der Waals surface area contributed by atoms with E-state index in [9.17, 15) is 14.4 Å². The van der Waals surface area contributed by atoms with Crippen LogP contribution in [0.2, 0.25) is 5.02 Å². The summed E-state index contributed by atoms with van der Waals surface area (Å²) in [7, 11) is 3.14. The van der Waals surface area contributed by atoms with E-state index < -0.39 is 6.04 Å². The number of carbonyl (C=O) groups is 3. The number of benzene rings is 2. The first-order chi connectivity index (χ1) is 13.9.